The van der Waals surface area contributed by atoms with Crippen LogP contribution in [0.25, 0.3) is 0 Å². The molecule has 0 aromatic rings. The summed E-state index contributed by atoms with van der Waals surface area (Å²) in [6.45, 7) is -7.17. The molecule has 0 aliphatic carbocycles. The van der Waals surface area contributed by atoms with E-state index in [1.54, 1.807) is 0 Å². The van der Waals surface area contributed by atoms with Gasteiger partial charge in [-0.3, -0.25) is 0 Å². The van der Waals surface area contributed by atoms with Crippen molar-refractivity contribution < 1.29 is 44.0 Å². The molecule has 0 spiro atoms. The average Bonchev–Trinajstić information content (AvgIpc) is 1.71. The largest absolute Gasteiger partial charge is 0.325 e. The summed E-state index contributed by atoms with van der Waals surface area (Å²) >= 11 is 10.8. The van der Waals surface area contributed by atoms with Crippen LogP contribution in [0.4, 0.5) is 0 Å². The van der Waals surface area contributed by atoms with Gasteiger partial charge in [-0.2, -0.15) is 0 Å². The molecular formula is C3H17O9P3S3. The molecule has 0 amide bonds. The first kappa shape index (κ1) is 27.9. The molecular weight excluding hydrogens is 369 g/mol. The van der Waals surface area contributed by atoms with E-state index < -0.39 is 20.2 Å². The quantitative estimate of drug-likeness (QED) is 0.231. The lowest BCUT2D eigenvalue weighted by Crippen LogP contribution is -1.65. The summed E-state index contributed by atoms with van der Waals surface area (Å²) in [6, 6.07) is 0. The third-order valence-corrected chi connectivity index (χ3v) is 0. The van der Waals surface area contributed by atoms with Crippen LogP contribution in [0.15, 0.2) is 0 Å². The van der Waals surface area contributed by atoms with Crippen LogP contribution in [0, 0.1) is 0 Å². The molecule has 0 aromatic heterocycles. The van der Waals surface area contributed by atoms with Crippen LogP contribution in [0.3, 0.4) is 0 Å². The third kappa shape index (κ3) is 1910. The molecule has 9 N–H and O–H groups in total. The number of hydrogen-bond acceptors (Lipinski definition) is 3. The zero-order chi connectivity index (χ0) is 16.2. The minimum Gasteiger partial charge on any atom is -0.325 e. The van der Waals surface area contributed by atoms with Gasteiger partial charge in [0.2, 0.25) is 0 Å². The van der Waals surface area contributed by atoms with Crippen molar-refractivity contribution in [2.24, 2.45) is 0 Å². The van der Waals surface area contributed by atoms with E-state index in [1.165, 1.54) is 6.42 Å². The average molecular weight is 386 g/mol. The van der Waals surface area contributed by atoms with Gasteiger partial charge in [0.1, 0.15) is 0 Å². The van der Waals surface area contributed by atoms with Crippen molar-refractivity contribution in [3.05, 3.63) is 0 Å². The second kappa shape index (κ2) is 13.6. The maximum atomic E-state index is 7.56. The Morgan fingerprint density at radius 2 is 0.556 bits per heavy atom. The Morgan fingerprint density at radius 3 is 0.556 bits per heavy atom. The fraction of sp³-hybridized carbons (Fsp3) is 1.00. The molecule has 18 heavy (non-hydrogen) atoms. The standard InChI is InChI=1S/C3H8.3H3O3PS/c1-3-2;3*1-4(2,3)5/h3H2,1-2H3;3*(H3,1,2,3,5). The highest BCUT2D eigenvalue weighted by Gasteiger charge is 1.93. The van der Waals surface area contributed by atoms with E-state index in [9.17, 15) is 0 Å². The van der Waals surface area contributed by atoms with Gasteiger partial charge in [-0.25, -0.2) is 0 Å². The molecule has 0 radical (unpaired) electrons. The Labute approximate surface area is 120 Å². The lowest BCUT2D eigenvalue weighted by Gasteiger charge is -1.88. The van der Waals surface area contributed by atoms with Gasteiger partial charge in [0.25, 0.3) is 0 Å². The first-order chi connectivity index (χ1) is 7.41. The van der Waals surface area contributed by atoms with Crippen LogP contribution in [0.5, 0.6) is 0 Å². The van der Waals surface area contributed by atoms with Crippen LogP contribution in [0.2, 0.25) is 0 Å². The highest BCUT2D eigenvalue weighted by Crippen LogP contribution is 2.27. The van der Waals surface area contributed by atoms with E-state index in [-0.39, 0.29) is 0 Å². The molecule has 0 atom stereocenters. The third-order valence-electron chi connectivity index (χ3n) is 0. The molecule has 0 aromatic carbocycles. The molecule has 0 unspecified atom stereocenters. The van der Waals surface area contributed by atoms with E-state index in [0.717, 1.165) is 0 Å². The maximum absolute atomic E-state index is 7.56. The number of hydrogen-bond donors (Lipinski definition) is 9. The predicted molar refractivity (Wildman–Crippen MR) is 78.8 cm³/mol. The van der Waals surface area contributed by atoms with E-state index in [4.69, 9.17) is 44.0 Å². The summed E-state index contributed by atoms with van der Waals surface area (Å²) in [5, 5.41) is 0. The Hall–Kier alpha value is 1.59. The highest BCUT2D eigenvalue weighted by atomic mass is 32.5. The van der Waals surface area contributed by atoms with Crippen molar-refractivity contribution in [1.29, 1.82) is 0 Å². The molecule has 0 rings (SSSR count). The van der Waals surface area contributed by atoms with E-state index in [2.05, 4.69) is 49.3 Å². The summed E-state index contributed by atoms with van der Waals surface area (Å²) in [6.07, 6.45) is 1.25. The molecule has 15 heteroatoms. The van der Waals surface area contributed by atoms with Gasteiger partial charge >= 0.3 is 20.2 Å². The Morgan fingerprint density at radius 1 is 0.556 bits per heavy atom. The van der Waals surface area contributed by atoms with Gasteiger partial charge in [-0.15, -0.1) is 0 Å². The van der Waals surface area contributed by atoms with Gasteiger partial charge in [0.05, 0.1) is 0 Å². The Bertz CT molecular complexity index is 231. The van der Waals surface area contributed by atoms with Crippen molar-refractivity contribution in [1.82, 2.24) is 0 Å². The molecule has 9 nitrogen and oxygen atoms in total. The topological polar surface area (TPSA) is 182 Å². The zero-order valence-corrected chi connectivity index (χ0v) is 14.4. The fourth-order valence-corrected chi connectivity index (χ4v) is 0. The Kier molecular flexibility index (Phi) is 21.0. The summed E-state index contributed by atoms with van der Waals surface area (Å²) < 4.78 is 0. The van der Waals surface area contributed by atoms with Gasteiger partial charge in [-0.05, 0) is 35.4 Å². The predicted octanol–water partition coefficient (Wildman–Crippen LogP) is -1.02. The van der Waals surface area contributed by atoms with Crippen molar-refractivity contribution >= 4 is 55.6 Å². The normalized spacial score (nSPS) is 10.8. The van der Waals surface area contributed by atoms with Crippen LogP contribution < -0.4 is 0 Å². The minimum atomic E-state index is -3.81. The van der Waals surface area contributed by atoms with Crippen molar-refractivity contribution in [3.63, 3.8) is 0 Å². The fourth-order valence-electron chi connectivity index (χ4n) is 0. The van der Waals surface area contributed by atoms with Gasteiger partial charge in [-0.1, -0.05) is 20.3 Å². The number of rotatable bonds is 0. The van der Waals surface area contributed by atoms with Gasteiger partial charge < -0.3 is 44.0 Å². The summed E-state index contributed by atoms with van der Waals surface area (Å²) in [5.74, 6) is 0. The summed E-state index contributed by atoms with van der Waals surface area (Å²) in [5.41, 5.74) is 0. The molecule has 0 saturated carbocycles. The first-order valence-electron chi connectivity index (χ1n) is 3.76. The van der Waals surface area contributed by atoms with Crippen molar-refractivity contribution in [3.8, 4) is 0 Å². The zero-order valence-electron chi connectivity index (χ0n) is 9.30. The summed E-state index contributed by atoms with van der Waals surface area (Å²) in [4.78, 5) is 68.0. The van der Waals surface area contributed by atoms with Crippen LogP contribution in [0.1, 0.15) is 20.3 Å². The van der Waals surface area contributed by atoms with Gasteiger partial charge in [0.15, 0.2) is 0 Å². The molecule has 0 aliphatic heterocycles. The van der Waals surface area contributed by atoms with E-state index >= 15 is 0 Å². The van der Waals surface area contributed by atoms with Crippen LogP contribution >= 0.6 is 20.2 Å². The van der Waals surface area contributed by atoms with Crippen molar-refractivity contribution in [2.45, 2.75) is 20.3 Å². The van der Waals surface area contributed by atoms with Crippen LogP contribution in [-0.4, -0.2) is 44.0 Å². The SMILES string of the molecule is CCC.OP(O)(O)=S.OP(O)(O)=S.OP(O)(O)=S. The molecule has 0 aliphatic rings. The Balaban J connectivity index is -0.0000000739. The monoisotopic (exact) mass is 386 g/mol. The van der Waals surface area contributed by atoms with E-state index in [0.29, 0.717) is 0 Å². The molecule has 0 fully saturated rings. The second-order valence-corrected chi connectivity index (χ2v) is 9.74. The smallest absolute Gasteiger partial charge is 0.319 e. The molecule has 116 valence electrons. The first-order valence-corrected chi connectivity index (χ1v) is 11.7. The van der Waals surface area contributed by atoms with Crippen LogP contribution in [-0.2, 0) is 35.4 Å². The van der Waals surface area contributed by atoms with Crippen molar-refractivity contribution in [2.75, 3.05) is 0 Å². The maximum Gasteiger partial charge on any atom is 0.319 e. The second-order valence-electron chi connectivity index (χ2n) is 2.25. The molecule has 0 bridgehead atoms. The van der Waals surface area contributed by atoms with E-state index in [1.807, 2.05) is 0 Å². The van der Waals surface area contributed by atoms with Gasteiger partial charge in [0, 0.05) is 0 Å². The lowest BCUT2D eigenvalue weighted by molar-refractivity contribution is 0.361. The highest BCUT2D eigenvalue weighted by molar-refractivity contribution is 8.06. The molecule has 0 heterocycles. The molecule has 0 saturated heterocycles. The summed E-state index contributed by atoms with van der Waals surface area (Å²) in [7, 11) is 0. The lowest BCUT2D eigenvalue weighted by atomic mass is 10.6. The minimum absolute atomic E-state index is 1.25.